The van der Waals surface area contributed by atoms with Gasteiger partial charge in [-0.2, -0.15) is 0 Å². The minimum atomic E-state index is -0.493. The number of piperazine rings is 1. The van der Waals surface area contributed by atoms with Crippen LogP contribution in [0.5, 0.6) is 0 Å². The lowest BCUT2D eigenvalue weighted by Crippen LogP contribution is -2.55. The van der Waals surface area contributed by atoms with E-state index in [-0.39, 0.29) is 11.8 Å². The highest BCUT2D eigenvalue weighted by molar-refractivity contribution is 5.82. The molecular weight excluding hydrogens is 318 g/mol. The number of aliphatic hydroxyl groups is 1. The fraction of sp³-hybridized carbons (Fsp3) is 0.632. The van der Waals surface area contributed by atoms with Crippen LogP contribution >= 0.6 is 0 Å². The third-order valence-corrected chi connectivity index (χ3v) is 5.36. The van der Waals surface area contributed by atoms with E-state index in [0.29, 0.717) is 32.8 Å². The summed E-state index contributed by atoms with van der Waals surface area (Å²) < 4.78 is 5.35. The normalized spacial score (nSPS) is 22.6. The molecule has 0 aliphatic carbocycles. The van der Waals surface area contributed by atoms with Gasteiger partial charge < -0.3 is 20.5 Å². The molecule has 1 aromatic carbocycles. The maximum atomic E-state index is 12.6. The Balaban J connectivity index is 1.45. The van der Waals surface area contributed by atoms with Gasteiger partial charge in [0.25, 0.3) is 0 Å². The number of aliphatic hydroxyl groups excluding tert-OH is 1. The van der Waals surface area contributed by atoms with Gasteiger partial charge in [0, 0.05) is 45.9 Å². The topological polar surface area (TPSA) is 79.0 Å². The van der Waals surface area contributed by atoms with Crippen LogP contribution in [0.4, 0.5) is 0 Å². The first-order chi connectivity index (χ1) is 12.1. The van der Waals surface area contributed by atoms with Gasteiger partial charge in [0.2, 0.25) is 5.91 Å². The van der Waals surface area contributed by atoms with Crippen molar-refractivity contribution in [2.24, 2.45) is 11.7 Å². The van der Waals surface area contributed by atoms with Crippen molar-refractivity contribution in [3.63, 3.8) is 0 Å². The van der Waals surface area contributed by atoms with E-state index in [1.807, 2.05) is 35.2 Å². The second-order valence-electron chi connectivity index (χ2n) is 7.03. The maximum absolute atomic E-state index is 12.6. The summed E-state index contributed by atoms with van der Waals surface area (Å²) in [4.78, 5) is 16.7. The highest BCUT2D eigenvalue weighted by Gasteiger charge is 2.31. The van der Waals surface area contributed by atoms with Crippen molar-refractivity contribution >= 4 is 5.91 Å². The van der Waals surface area contributed by atoms with Gasteiger partial charge in [-0.1, -0.05) is 30.3 Å². The molecule has 138 valence electrons. The highest BCUT2D eigenvalue weighted by Crippen LogP contribution is 2.20. The molecule has 0 saturated carbocycles. The van der Waals surface area contributed by atoms with Crippen molar-refractivity contribution in [1.29, 1.82) is 0 Å². The van der Waals surface area contributed by atoms with Crippen LogP contribution in [0.25, 0.3) is 0 Å². The molecule has 0 bridgehead atoms. The van der Waals surface area contributed by atoms with E-state index < -0.39 is 12.1 Å². The number of carbonyl (C=O) groups excluding carboxylic acids is 1. The number of rotatable bonds is 5. The third-order valence-electron chi connectivity index (χ3n) is 5.36. The molecule has 2 aliphatic heterocycles. The Labute approximate surface area is 149 Å². The molecule has 2 aliphatic rings. The SMILES string of the molecule is NC(C(=O)N1CCN(CC(O)c2ccccc2)CC1)C1CCOCC1. The number of ether oxygens (including phenoxy) is 1. The van der Waals surface area contributed by atoms with Crippen LogP contribution in [-0.2, 0) is 9.53 Å². The standard InChI is InChI=1S/C19H29N3O3/c20-18(16-6-12-25-13-7-16)19(24)22-10-8-21(9-11-22)14-17(23)15-4-2-1-3-5-15/h1-5,16-18,23H,6-14,20H2. The van der Waals surface area contributed by atoms with Gasteiger partial charge in [-0.15, -0.1) is 0 Å². The van der Waals surface area contributed by atoms with E-state index in [9.17, 15) is 9.90 Å². The Kier molecular flexibility index (Phi) is 6.42. The number of hydrogen-bond acceptors (Lipinski definition) is 5. The molecule has 2 unspecified atom stereocenters. The van der Waals surface area contributed by atoms with E-state index >= 15 is 0 Å². The molecule has 6 nitrogen and oxygen atoms in total. The summed E-state index contributed by atoms with van der Waals surface area (Å²) in [5.74, 6) is 0.300. The van der Waals surface area contributed by atoms with Crippen molar-refractivity contribution in [2.45, 2.75) is 25.0 Å². The minimum Gasteiger partial charge on any atom is -0.387 e. The Hall–Kier alpha value is -1.47. The Bertz CT molecular complexity index is 540. The predicted molar refractivity (Wildman–Crippen MR) is 95.9 cm³/mol. The lowest BCUT2D eigenvalue weighted by atomic mass is 9.91. The number of nitrogens with two attached hydrogens (primary N) is 1. The Morgan fingerprint density at radius 1 is 1.16 bits per heavy atom. The molecule has 2 fully saturated rings. The number of hydrogen-bond donors (Lipinski definition) is 2. The molecule has 3 N–H and O–H groups in total. The summed E-state index contributed by atoms with van der Waals surface area (Å²) in [6.45, 7) is 4.91. The summed E-state index contributed by atoms with van der Waals surface area (Å²) in [5.41, 5.74) is 7.15. The smallest absolute Gasteiger partial charge is 0.239 e. The van der Waals surface area contributed by atoms with Crippen molar-refractivity contribution in [3.8, 4) is 0 Å². The number of amides is 1. The summed E-state index contributed by atoms with van der Waals surface area (Å²) >= 11 is 0. The number of nitrogens with zero attached hydrogens (tertiary/aromatic N) is 2. The van der Waals surface area contributed by atoms with Crippen LogP contribution in [0.1, 0.15) is 24.5 Å². The zero-order chi connectivity index (χ0) is 17.6. The third kappa shape index (κ3) is 4.79. The zero-order valence-electron chi connectivity index (χ0n) is 14.7. The summed E-state index contributed by atoms with van der Waals surface area (Å²) in [7, 11) is 0. The van der Waals surface area contributed by atoms with Crippen LogP contribution in [0.2, 0.25) is 0 Å². The highest BCUT2D eigenvalue weighted by atomic mass is 16.5. The van der Waals surface area contributed by atoms with Gasteiger partial charge in [-0.3, -0.25) is 9.69 Å². The summed E-state index contributed by atoms with van der Waals surface area (Å²) in [6.07, 6.45) is 1.25. The molecule has 2 heterocycles. The molecule has 2 saturated heterocycles. The Morgan fingerprint density at radius 2 is 1.80 bits per heavy atom. The van der Waals surface area contributed by atoms with Crippen LogP contribution in [0.3, 0.4) is 0 Å². The average molecular weight is 347 g/mol. The van der Waals surface area contributed by atoms with Crippen molar-refractivity contribution in [2.75, 3.05) is 45.9 Å². The Morgan fingerprint density at radius 3 is 2.44 bits per heavy atom. The van der Waals surface area contributed by atoms with Crippen LogP contribution in [0, 0.1) is 5.92 Å². The van der Waals surface area contributed by atoms with Crippen LogP contribution in [-0.4, -0.2) is 72.8 Å². The minimum absolute atomic E-state index is 0.0650. The summed E-state index contributed by atoms with van der Waals surface area (Å²) in [5, 5.41) is 10.4. The average Bonchev–Trinajstić information content (AvgIpc) is 2.69. The van der Waals surface area contributed by atoms with Gasteiger partial charge in [0.1, 0.15) is 0 Å². The molecular formula is C19H29N3O3. The lowest BCUT2D eigenvalue weighted by Gasteiger charge is -2.38. The van der Waals surface area contributed by atoms with E-state index in [0.717, 1.165) is 31.5 Å². The van der Waals surface area contributed by atoms with E-state index in [1.54, 1.807) is 0 Å². The van der Waals surface area contributed by atoms with Crippen molar-refractivity contribution < 1.29 is 14.6 Å². The lowest BCUT2D eigenvalue weighted by molar-refractivity contribution is -0.136. The van der Waals surface area contributed by atoms with Gasteiger partial charge in [0.15, 0.2) is 0 Å². The van der Waals surface area contributed by atoms with Gasteiger partial charge >= 0.3 is 0 Å². The number of β-amino-alcohol motifs (C(OH)–C–C–N with tert-alkyl or cyclic N) is 1. The first kappa shape index (κ1) is 18.3. The largest absolute Gasteiger partial charge is 0.387 e. The quantitative estimate of drug-likeness (QED) is 0.816. The molecule has 0 spiro atoms. The van der Waals surface area contributed by atoms with Crippen molar-refractivity contribution in [1.82, 2.24) is 9.80 Å². The molecule has 1 amide bonds. The van der Waals surface area contributed by atoms with Gasteiger partial charge in [-0.05, 0) is 24.3 Å². The van der Waals surface area contributed by atoms with Gasteiger partial charge in [-0.25, -0.2) is 0 Å². The molecule has 0 aromatic heterocycles. The summed E-state index contributed by atoms with van der Waals surface area (Å²) in [6, 6.07) is 9.29. The van der Waals surface area contributed by atoms with Gasteiger partial charge in [0.05, 0.1) is 12.1 Å². The maximum Gasteiger partial charge on any atom is 0.239 e. The molecule has 25 heavy (non-hydrogen) atoms. The molecule has 2 atom stereocenters. The van der Waals surface area contributed by atoms with Crippen LogP contribution in [0.15, 0.2) is 30.3 Å². The molecule has 1 aromatic rings. The predicted octanol–water partition coefficient (Wildman–Crippen LogP) is 0.618. The second-order valence-corrected chi connectivity index (χ2v) is 7.03. The van der Waals surface area contributed by atoms with E-state index in [1.165, 1.54) is 0 Å². The molecule has 6 heteroatoms. The van der Waals surface area contributed by atoms with Crippen LogP contribution < -0.4 is 5.73 Å². The fourth-order valence-corrected chi connectivity index (χ4v) is 3.66. The first-order valence-corrected chi connectivity index (χ1v) is 9.22. The second kappa shape index (κ2) is 8.76. The molecule has 0 radical (unpaired) electrons. The zero-order valence-corrected chi connectivity index (χ0v) is 14.7. The van der Waals surface area contributed by atoms with E-state index in [2.05, 4.69) is 4.90 Å². The monoisotopic (exact) mass is 347 g/mol. The van der Waals surface area contributed by atoms with Crippen molar-refractivity contribution in [3.05, 3.63) is 35.9 Å². The number of carbonyl (C=O) groups is 1. The number of benzene rings is 1. The first-order valence-electron chi connectivity index (χ1n) is 9.22. The fourth-order valence-electron chi connectivity index (χ4n) is 3.66. The van der Waals surface area contributed by atoms with E-state index in [4.69, 9.17) is 10.5 Å². The molecule has 3 rings (SSSR count).